The lowest BCUT2D eigenvalue weighted by molar-refractivity contribution is 0.601. The lowest BCUT2D eigenvalue weighted by Crippen LogP contribution is -2.13. The zero-order valence-corrected chi connectivity index (χ0v) is 15.1. The third-order valence-electron chi connectivity index (χ3n) is 3.88. The minimum atomic E-state index is -3.69. The number of aromatic nitrogens is 1. The van der Waals surface area contributed by atoms with Crippen molar-refractivity contribution < 1.29 is 8.42 Å². The van der Waals surface area contributed by atoms with Crippen molar-refractivity contribution in [3.8, 4) is 0 Å². The van der Waals surface area contributed by atoms with Crippen LogP contribution in [-0.4, -0.2) is 13.0 Å². The Bertz CT molecular complexity index is 1030. The summed E-state index contributed by atoms with van der Waals surface area (Å²) >= 11 is 1.06. The van der Waals surface area contributed by atoms with E-state index >= 15 is 0 Å². The average molecular weight is 362 g/mol. The van der Waals surface area contributed by atoms with Gasteiger partial charge in [0.1, 0.15) is 0 Å². The van der Waals surface area contributed by atoms with Crippen LogP contribution in [0.25, 0.3) is 10.2 Å². The van der Waals surface area contributed by atoms with E-state index in [-0.39, 0.29) is 9.77 Å². The van der Waals surface area contributed by atoms with Gasteiger partial charge in [0.25, 0.3) is 10.0 Å². The van der Waals surface area contributed by atoms with Crippen molar-refractivity contribution in [3.05, 3.63) is 57.7 Å². The lowest BCUT2D eigenvalue weighted by Gasteiger charge is -2.09. The number of aryl methyl sites for hydroxylation is 2. The number of nitrogens with one attached hydrogen (secondary N) is 1. The first kappa shape index (κ1) is 16.7. The molecule has 126 valence electrons. The highest BCUT2D eigenvalue weighted by Gasteiger charge is 2.16. The third kappa shape index (κ3) is 3.09. The minimum absolute atomic E-state index is 0.0786. The largest absolute Gasteiger partial charge is 0.308 e. The van der Waals surface area contributed by atoms with Crippen LogP contribution >= 0.6 is 11.3 Å². The fraction of sp³-hybridized carbons (Fsp3) is 0.235. The van der Waals surface area contributed by atoms with Crippen LogP contribution in [0.2, 0.25) is 0 Å². The highest BCUT2D eigenvalue weighted by atomic mass is 32.2. The van der Waals surface area contributed by atoms with Gasteiger partial charge < -0.3 is 0 Å². The Labute approximate surface area is 144 Å². The maximum absolute atomic E-state index is 12.6. The smallest absolute Gasteiger partial charge is 0.299 e. The SMILES string of the molecule is CCc1ccc(NS(=O)(=O)c2ccc3c(c2)sc(=O)n3CC)cc1. The monoisotopic (exact) mass is 362 g/mol. The van der Waals surface area contributed by atoms with Crippen molar-refractivity contribution in [1.29, 1.82) is 0 Å². The standard InChI is InChI=1S/C17H18N2O3S2/c1-3-12-5-7-13(8-6-12)18-24(21,22)14-9-10-15-16(11-14)23-17(20)19(15)4-2/h5-11,18H,3-4H2,1-2H3. The molecule has 0 amide bonds. The lowest BCUT2D eigenvalue weighted by atomic mass is 10.2. The number of benzene rings is 2. The van der Waals surface area contributed by atoms with Gasteiger partial charge in [0.15, 0.2) is 0 Å². The second-order valence-corrected chi connectivity index (χ2v) is 8.07. The van der Waals surface area contributed by atoms with E-state index in [1.54, 1.807) is 28.8 Å². The molecule has 1 heterocycles. The summed E-state index contributed by atoms with van der Waals surface area (Å²) in [6, 6.07) is 12.1. The van der Waals surface area contributed by atoms with Crippen molar-refractivity contribution in [2.75, 3.05) is 4.72 Å². The van der Waals surface area contributed by atoms with E-state index < -0.39 is 10.0 Å². The van der Waals surface area contributed by atoms with Crippen LogP contribution in [0.4, 0.5) is 5.69 Å². The summed E-state index contributed by atoms with van der Waals surface area (Å²) in [5.41, 5.74) is 2.43. The van der Waals surface area contributed by atoms with Gasteiger partial charge in [0.05, 0.1) is 15.1 Å². The minimum Gasteiger partial charge on any atom is -0.299 e. The summed E-state index contributed by atoms with van der Waals surface area (Å²) in [7, 11) is -3.69. The maximum atomic E-state index is 12.6. The number of fused-ring (bicyclic) bond motifs is 1. The van der Waals surface area contributed by atoms with Gasteiger partial charge in [0, 0.05) is 12.2 Å². The molecule has 0 fully saturated rings. The van der Waals surface area contributed by atoms with E-state index in [0.29, 0.717) is 16.9 Å². The number of anilines is 1. The Kier molecular flexibility index (Phi) is 4.47. The summed E-state index contributed by atoms with van der Waals surface area (Å²) in [5, 5.41) is 0. The predicted molar refractivity (Wildman–Crippen MR) is 98.4 cm³/mol. The van der Waals surface area contributed by atoms with Crippen molar-refractivity contribution >= 4 is 37.3 Å². The maximum Gasteiger partial charge on any atom is 0.308 e. The van der Waals surface area contributed by atoms with Gasteiger partial charge in [-0.25, -0.2) is 8.42 Å². The number of nitrogens with zero attached hydrogens (tertiary/aromatic N) is 1. The average Bonchev–Trinajstić information content (AvgIpc) is 2.89. The number of sulfonamides is 1. The normalized spacial score (nSPS) is 11.8. The molecule has 1 aromatic heterocycles. The fourth-order valence-electron chi connectivity index (χ4n) is 2.54. The number of rotatable bonds is 5. The quantitative estimate of drug-likeness (QED) is 0.756. The highest BCUT2D eigenvalue weighted by molar-refractivity contribution is 7.92. The van der Waals surface area contributed by atoms with E-state index in [4.69, 9.17) is 0 Å². The summed E-state index contributed by atoms with van der Waals surface area (Å²) in [5.74, 6) is 0. The number of thiazole rings is 1. The van der Waals surface area contributed by atoms with E-state index in [9.17, 15) is 13.2 Å². The molecule has 0 aliphatic rings. The topological polar surface area (TPSA) is 68.2 Å². The van der Waals surface area contributed by atoms with Crippen LogP contribution in [0.15, 0.2) is 52.2 Å². The molecule has 0 saturated heterocycles. The fourth-order valence-corrected chi connectivity index (χ4v) is 4.69. The van der Waals surface area contributed by atoms with Crippen LogP contribution < -0.4 is 9.60 Å². The molecule has 0 bridgehead atoms. The number of hydrogen-bond donors (Lipinski definition) is 1. The van der Waals surface area contributed by atoms with Crippen LogP contribution in [0, 0.1) is 0 Å². The molecule has 0 unspecified atom stereocenters. The molecule has 0 atom stereocenters. The van der Waals surface area contributed by atoms with Gasteiger partial charge in [-0.3, -0.25) is 14.1 Å². The van der Waals surface area contributed by atoms with Crippen molar-refractivity contribution in [1.82, 2.24) is 4.57 Å². The van der Waals surface area contributed by atoms with Crippen LogP contribution in [-0.2, 0) is 23.0 Å². The van der Waals surface area contributed by atoms with Gasteiger partial charge in [0.2, 0.25) is 0 Å². The number of hydrogen-bond acceptors (Lipinski definition) is 4. The molecule has 0 aliphatic carbocycles. The van der Waals surface area contributed by atoms with E-state index in [2.05, 4.69) is 4.72 Å². The third-order valence-corrected chi connectivity index (χ3v) is 6.20. The summed E-state index contributed by atoms with van der Waals surface area (Å²) in [4.78, 5) is 12.0. The van der Waals surface area contributed by atoms with Crippen molar-refractivity contribution in [3.63, 3.8) is 0 Å². The molecule has 3 aromatic rings. The Hall–Kier alpha value is -2.12. The van der Waals surface area contributed by atoms with Gasteiger partial charge >= 0.3 is 4.87 Å². The second kappa shape index (κ2) is 6.41. The first-order valence-electron chi connectivity index (χ1n) is 7.69. The van der Waals surface area contributed by atoms with Gasteiger partial charge in [-0.1, -0.05) is 30.4 Å². The van der Waals surface area contributed by atoms with E-state index in [1.165, 1.54) is 6.07 Å². The van der Waals surface area contributed by atoms with Crippen molar-refractivity contribution in [2.45, 2.75) is 31.7 Å². The molecule has 0 aliphatic heterocycles. The molecule has 0 radical (unpaired) electrons. The Morgan fingerprint density at radius 2 is 1.79 bits per heavy atom. The van der Waals surface area contributed by atoms with Crippen LogP contribution in [0.3, 0.4) is 0 Å². The first-order chi connectivity index (χ1) is 11.4. The molecule has 24 heavy (non-hydrogen) atoms. The Balaban J connectivity index is 1.96. The zero-order valence-electron chi connectivity index (χ0n) is 13.4. The van der Waals surface area contributed by atoms with E-state index in [0.717, 1.165) is 28.8 Å². The second-order valence-electron chi connectivity index (χ2n) is 5.40. The molecule has 7 heteroatoms. The van der Waals surface area contributed by atoms with Gasteiger partial charge in [-0.05, 0) is 49.2 Å². The molecular formula is C17H18N2O3S2. The van der Waals surface area contributed by atoms with Crippen LogP contribution in [0.1, 0.15) is 19.4 Å². The highest BCUT2D eigenvalue weighted by Crippen LogP contribution is 2.23. The molecular weight excluding hydrogens is 344 g/mol. The van der Waals surface area contributed by atoms with Crippen LogP contribution in [0.5, 0.6) is 0 Å². The predicted octanol–water partition coefficient (Wildman–Crippen LogP) is 3.45. The Morgan fingerprint density at radius 3 is 2.42 bits per heavy atom. The molecule has 0 spiro atoms. The molecule has 5 nitrogen and oxygen atoms in total. The summed E-state index contributed by atoms with van der Waals surface area (Å²) in [6.45, 7) is 4.49. The zero-order chi connectivity index (χ0) is 17.3. The molecule has 2 aromatic carbocycles. The molecule has 3 rings (SSSR count). The van der Waals surface area contributed by atoms with E-state index in [1.807, 2.05) is 26.0 Å². The summed E-state index contributed by atoms with van der Waals surface area (Å²) in [6.07, 6.45) is 0.900. The Morgan fingerprint density at radius 1 is 1.08 bits per heavy atom. The first-order valence-corrected chi connectivity index (χ1v) is 9.99. The molecule has 0 saturated carbocycles. The van der Waals surface area contributed by atoms with Gasteiger partial charge in [-0.2, -0.15) is 0 Å². The van der Waals surface area contributed by atoms with Crippen molar-refractivity contribution in [2.24, 2.45) is 0 Å². The summed E-state index contributed by atoms with van der Waals surface area (Å²) < 4.78 is 30.0. The van der Waals surface area contributed by atoms with Gasteiger partial charge in [-0.15, -0.1) is 0 Å². The molecule has 1 N–H and O–H groups in total.